The van der Waals surface area contributed by atoms with Gasteiger partial charge in [0.2, 0.25) is 0 Å². The lowest BCUT2D eigenvalue weighted by atomic mass is 10.0. The molecule has 0 unspecified atom stereocenters. The van der Waals surface area contributed by atoms with Crippen molar-refractivity contribution in [2.45, 2.75) is 59.9 Å². The first-order valence-corrected chi connectivity index (χ1v) is 9.57. The topological polar surface area (TPSA) is 39.3 Å². The molecule has 0 spiro atoms. The number of aromatic nitrogens is 3. The Morgan fingerprint density at radius 1 is 1.15 bits per heavy atom. The first-order chi connectivity index (χ1) is 12.4. The lowest BCUT2D eigenvalue weighted by molar-refractivity contribution is 0.592. The Kier molecular flexibility index (Phi) is 4.02. The molecule has 1 aliphatic rings. The largest absolute Gasteiger partial charge is 0.289 e. The van der Waals surface area contributed by atoms with Gasteiger partial charge >= 0.3 is 0 Å². The second-order valence-electron chi connectivity index (χ2n) is 8.16. The van der Waals surface area contributed by atoms with Crippen molar-refractivity contribution >= 4 is 5.52 Å². The normalized spacial score (nSPS) is 14.5. The smallest absolute Gasteiger partial charge is 0.278 e. The maximum absolute atomic E-state index is 13.5. The van der Waals surface area contributed by atoms with Gasteiger partial charge in [0, 0.05) is 17.8 Å². The van der Waals surface area contributed by atoms with Crippen LogP contribution in [0.25, 0.3) is 16.9 Å². The molecule has 2 aromatic heterocycles. The number of fused-ring (bicyclic) bond motifs is 1. The van der Waals surface area contributed by atoms with E-state index in [1.54, 1.807) is 0 Å². The highest BCUT2D eigenvalue weighted by molar-refractivity contribution is 5.64. The van der Waals surface area contributed by atoms with Crippen LogP contribution in [0, 0.1) is 26.7 Å². The van der Waals surface area contributed by atoms with E-state index in [1.165, 1.54) is 18.4 Å². The Labute approximate surface area is 154 Å². The average Bonchev–Trinajstić information content (AvgIpc) is 3.32. The summed E-state index contributed by atoms with van der Waals surface area (Å²) in [4.78, 5) is 13.5. The molecule has 26 heavy (non-hydrogen) atoms. The van der Waals surface area contributed by atoms with Crippen LogP contribution in [0.5, 0.6) is 0 Å². The summed E-state index contributed by atoms with van der Waals surface area (Å²) in [7, 11) is 0. The summed E-state index contributed by atoms with van der Waals surface area (Å²) in [5, 5.41) is 4.96. The van der Waals surface area contributed by atoms with Crippen molar-refractivity contribution in [1.82, 2.24) is 14.2 Å². The first kappa shape index (κ1) is 17.1. The quantitative estimate of drug-likeness (QED) is 0.689. The van der Waals surface area contributed by atoms with Gasteiger partial charge in [-0.1, -0.05) is 37.6 Å². The monoisotopic (exact) mass is 349 g/mol. The highest BCUT2D eigenvalue weighted by Crippen LogP contribution is 2.32. The molecule has 136 valence electrons. The summed E-state index contributed by atoms with van der Waals surface area (Å²) in [5.41, 5.74) is 6.39. The van der Waals surface area contributed by atoms with Crippen molar-refractivity contribution in [1.29, 1.82) is 0 Å². The summed E-state index contributed by atoms with van der Waals surface area (Å²) in [6, 6.07) is 8.48. The van der Waals surface area contributed by atoms with Crippen LogP contribution in [0.3, 0.4) is 0 Å². The van der Waals surface area contributed by atoms with Crippen LogP contribution in [0.4, 0.5) is 0 Å². The minimum absolute atomic E-state index is 0.0960. The van der Waals surface area contributed by atoms with Gasteiger partial charge in [0.25, 0.3) is 5.56 Å². The predicted octanol–water partition coefficient (Wildman–Crippen LogP) is 4.62. The first-order valence-electron chi connectivity index (χ1n) is 9.57. The van der Waals surface area contributed by atoms with E-state index in [0.717, 1.165) is 40.3 Å². The number of hydrogen-bond donors (Lipinski definition) is 0. The van der Waals surface area contributed by atoms with E-state index in [2.05, 4.69) is 52.0 Å². The van der Waals surface area contributed by atoms with Crippen LogP contribution in [-0.2, 0) is 6.54 Å². The minimum atomic E-state index is 0.0960. The summed E-state index contributed by atoms with van der Waals surface area (Å²) < 4.78 is 3.78. The fourth-order valence-electron chi connectivity index (χ4n) is 3.80. The van der Waals surface area contributed by atoms with E-state index < -0.39 is 0 Å². The van der Waals surface area contributed by atoms with Crippen molar-refractivity contribution < 1.29 is 0 Å². The number of benzene rings is 1. The van der Waals surface area contributed by atoms with Gasteiger partial charge in [-0.3, -0.25) is 9.36 Å². The van der Waals surface area contributed by atoms with Gasteiger partial charge in [-0.15, -0.1) is 5.10 Å². The number of nitrogens with zero attached hydrogens (tertiary/aromatic N) is 3. The zero-order chi connectivity index (χ0) is 18.6. The van der Waals surface area contributed by atoms with Crippen LogP contribution >= 0.6 is 0 Å². The fourth-order valence-corrected chi connectivity index (χ4v) is 3.80. The Morgan fingerprint density at radius 3 is 2.50 bits per heavy atom. The Balaban J connectivity index is 2.05. The molecule has 1 saturated carbocycles. The van der Waals surface area contributed by atoms with Crippen LogP contribution in [-0.4, -0.2) is 14.2 Å². The molecule has 3 aromatic rings. The van der Waals surface area contributed by atoms with Crippen molar-refractivity contribution in [2.75, 3.05) is 0 Å². The molecular weight excluding hydrogens is 322 g/mol. The van der Waals surface area contributed by atoms with Crippen LogP contribution in [0.15, 0.2) is 29.1 Å². The van der Waals surface area contributed by atoms with Gasteiger partial charge in [0.05, 0.1) is 0 Å². The second-order valence-corrected chi connectivity index (χ2v) is 8.16. The lowest BCUT2D eigenvalue weighted by Crippen LogP contribution is -2.27. The third kappa shape index (κ3) is 2.77. The third-order valence-corrected chi connectivity index (χ3v) is 5.46. The molecule has 0 bridgehead atoms. The standard InChI is InChI=1S/C22H27N3O/c1-13(2)19-11-16(5)25-20(19)22(26)24(12-17-7-8-17)21(23-25)18-9-6-14(3)10-15(18)4/h6,9-11,13,17H,7-8,12H2,1-5H3. The zero-order valence-electron chi connectivity index (χ0n) is 16.3. The molecule has 0 amide bonds. The van der Waals surface area contributed by atoms with E-state index in [1.807, 2.05) is 16.0 Å². The van der Waals surface area contributed by atoms with Gasteiger partial charge in [-0.05, 0) is 62.6 Å². The number of aryl methyl sites for hydroxylation is 3. The molecule has 2 heterocycles. The van der Waals surface area contributed by atoms with Crippen LogP contribution in [0.1, 0.15) is 55.0 Å². The van der Waals surface area contributed by atoms with E-state index in [9.17, 15) is 4.79 Å². The van der Waals surface area contributed by atoms with Gasteiger partial charge in [0.1, 0.15) is 5.52 Å². The van der Waals surface area contributed by atoms with Crippen LogP contribution in [0.2, 0.25) is 0 Å². The molecule has 0 radical (unpaired) electrons. The summed E-state index contributed by atoms with van der Waals surface area (Å²) >= 11 is 0. The fraction of sp³-hybridized carbons (Fsp3) is 0.455. The summed E-state index contributed by atoms with van der Waals surface area (Å²) in [6.07, 6.45) is 2.42. The Bertz CT molecular complexity index is 1050. The minimum Gasteiger partial charge on any atom is -0.289 e. The Morgan fingerprint density at radius 2 is 1.88 bits per heavy atom. The maximum atomic E-state index is 13.5. The molecule has 4 rings (SSSR count). The van der Waals surface area contributed by atoms with E-state index >= 15 is 0 Å². The second kappa shape index (κ2) is 6.11. The highest BCUT2D eigenvalue weighted by atomic mass is 16.1. The summed E-state index contributed by atoms with van der Waals surface area (Å²) in [5.74, 6) is 1.70. The molecule has 0 N–H and O–H groups in total. The van der Waals surface area contributed by atoms with Gasteiger partial charge in [-0.2, -0.15) is 0 Å². The van der Waals surface area contributed by atoms with Crippen LogP contribution < -0.4 is 5.56 Å². The third-order valence-electron chi connectivity index (χ3n) is 5.46. The molecule has 0 saturated heterocycles. The van der Waals surface area contributed by atoms with Gasteiger partial charge in [0.15, 0.2) is 5.82 Å². The molecule has 1 aromatic carbocycles. The van der Waals surface area contributed by atoms with Crippen molar-refractivity contribution in [3.63, 3.8) is 0 Å². The molecule has 0 aliphatic heterocycles. The Hall–Kier alpha value is -2.36. The van der Waals surface area contributed by atoms with Gasteiger partial charge in [-0.25, -0.2) is 4.52 Å². The SMILES string of the molecule is Cc1ccc(-c2nn3c(C)cc(C(C)C)c3c(=O)n2CC2CC2)c(C)c1. The molecular formula is C22H27N3O. The molecule has 4 heteroatoms. The molecule has 0 atom stereocenters. The lowest BCUT2D eigenvalue weighted by Gasteiger charge is -2.16. The number of rotatable bonds is 4. The maximum Gasteiger partial charge on any atom is 0.278 e. The average molecular weight is 349 g/mol. The van der Waals surface area contributed by atoms with Crippen molar-refractivity contribution in [2.24, 2.45) is 5.92 Å². The molecule has 4 nitrogen and oxygen atoms in total. The molecule has 1 aliphatic carbocycles. The summed E-state index contributed by atoms with van der Waals surface area (Å²) in [6.45, 7) is 11.3. The van der Waals surface area contributed by atoms with Gasteiger partial charge < -0.3 is 0 Å². The van der Waals surface area contributed by atoms with E-state index in [-0.39, 0.29) is 5.56 Å². The highest BCUT2D eigenvalue weighted by Gasteiger charge is 2.26. The van der Waals surface area contributed by atoms with Crippen molar-refractivity contribution in [3.8, 4) is 11.4 Å². The predicted molar refractivity (Wildman–Crippen MR) is 106 cm³/mol. The zero-order valence-corrected chi connectivity index (χ0v) is 16.3. The number of hydrogen-bond acceptors (Lipinski definition) is 2. The van der Waals surface area contributed by atoms with Crippen molar-refractivity contribution in [3.05, 3.63) is 57.0 Å². The van der Waals surface area contributed by atoms with E-state index in [4.69, 9.17) is 5.10 Å². The van der Waals surface area contributed by atoms with E-state index in [0.29, 0.717) is 11.8 Å². The molecule has 1 fully saturated rings.